The van der Waals surface area contributed by atoms with E-state index in [1.807, 2.05) is 0 Å². The van der Waals surface area contributed by atoms with Crippen molar-refractivity contribution in [3.8, 4) is 0 Å². The summed E-state index contributed by atoms with van der Waals surface area (Å²) in [6.45, 7) is 0. The smallest absolute Gasteiger partial charge is 0.320 e. The maximum atomic E-state index is 10.7. The van der Waals surface area contributed by atoms with Crippen molar-refractivity contribution in [1.29, 1.82) is 0 Å². The number of allylic oxidation sites excluding steroid dienone is 3. The first kappa shape index (κ1) is 9.67. The van der Waals surface area contributed by atoms with Gasteiger partial charge in [0.05, 0.1) is 0 Å². The zero-order valence-corrected chi connectivity index (χ0v) is 7.06. The molecule has 0 aromatic rings. The maximum absolute atomic E-state index is 10.7. The Kier molecular flexibility index (Phi) is 2.97. The van der Waals surface area contributed by atoms with Crippen molar-refractivity contribution in [2.24, 2.45) is 5.73 Å². The second-order valence-corrected chi connectivity index (χ2v) is 2.93. The van der Waals surface area contributed by atoms with Gasteiger partial charge in [-0.25, -0.2) is 0 Å². The standard InChI is InChI=1S/C9H11NO3/c10-8(9(12)13)5-6-1-3-7(11)4-2-6/h1-3,8H,4-5,10H2,(H,12,13). The van der Waals surface area contributed by atoms with Gasteiger partial charge in [-0.2, -0.15) is 0 Å². The lowest BCUT2D eigenvalue weighted by Gasteiger charge is -2.09. The molecule has 0 saturated heterocycles. The minimum absolute atomic E-state index is 0.0349. The number of carbonyl (C=O) groups excluding carboxylic acids is 1. The van der Waals surface area contributed by atoms with Crippen LogP contribution in [0.2, 0.25) is 0 Å². The topological polar surface area (TPSA) is 80.4 Å². The molecule has 1 atom stereocenters. The van der Waals surface area contributed by atoms with Crippen molar-refractivity contribution in [3.05, 3.63) is 23.8 Å². The van der Waals surface area contributed by atoms with Crippen LogP contribution in [-0.2, 0) is 9.59 Å². The highest BCUT2D eigenvalue weighted by molar-refractivity contribution is 5.92. The van der Waals surface area contributed by atoms with Crippen molar-refractivity contribution in [3.63, 3.8) is 0 Å². The van der Waals surface area contributed by atoms with Gasteiger partial charge in [0.25, 0.3) is 0 Å². The van der Waals surface area contributed by atoms with E-state index in [2.05, 4.69) is 0 Å². The molecule has 0 aromatic carbocycles. The first-order valence-corrected chi connectivity index (χ1v) is 3.98. The summed E-state index contributed by atoms with van der Waals surface area (Å²) in [4.78, 5) is 21.1. The lowest BCUT2D eigenvalue weighted by molar-refractivity contribution is -0.138. The van der Waals surface area contributed by atoms with E-state index in [9.17, 15) is 9.59 Å². The fourth-order valence-corrected chi connectivity index (χ4v) is 1.06. The largest absolute Gasteiger partial charge is 0.480 e. The van der Waals surface area contributed by atoms with E-state index in [-0.39, 0.29) is 12.2 Å². The summed E-state index contributed by atoms with van der Waals surface area (Å²) in [5.41, 5.74) is 6.14. The Hall–Kier alpha value is -1.42. The second-order valence-electron chi connectivity index (χ2n) is 2.93. The molecule has 0 aliphatic heterocycles. The van der Waals surface area contributed by atoms with Gasteiger partial charge in [-0.3, -0.25) is 9.59 Å². The molecule has 4 heteroatoms. The summed E-state index contributed by atoms with van der Waals surface area (Å²) in [6, 6.07) is -0.885. The van der Waals surface area contributed by atoms with Gasteiger partial charge in [0, 0.05) is 6.42 Å². The first-order valence-electron chi connectivity index (χ1n) is 3.98. The Morgan fingerprint density at radius 2 is 2.31 bits per heavy atom. The van der Waals surface area contributed by atoms with Crippen molar-refractivity contribution >= 4 is 11.8 Å². The molecule has 1 aliphatic rings. The molecule has 0 spiro atoms. The van der Waals surface area contributed by atoms with Crippen LogP contribution in [0, 0.1) is 0 Å². The lowest BCUT2D eigenvalue weighted by Crippen LogP contribution is -2.30. The lowest BCUT2D eigenvalue weighted by atomic mass is 10.00. The molecule has 0 bridgehead atoms. The summed E-state index contributed by atoms with van der Waals surface area (Å²) in [6.07, 6.45) is 5.40. The van der Waals surface area contributed by atoms with Gasteiger partial charge in [-0.05, 0) is 18.1 Å². The fourth-order valence-electron chi connectivity index (χ4n) is 1.06. The van der Waals surface area contributed by atoms with E-state index in [1.165, 1.54) is 6.08 Å². The molecule has 1 aliphatic carbocycles. The number of carboxylic acid groups (broad SMARTS) is 1. The predicted molar refractivity (Wildman–Crippen MR) is 47.1 cm³/mol. The van der Waals surface area contributed by atoms with Gasteiger partial charge < -0.3 is 10.8 Å². The third-order valence-electron chi connectivity index (χ3n) is 1.82. The third kappa shape index (κ3) is 2.83. The Morgan fingerprint density at radius 3 is 2.77 bits per heavy atom. The number of carbonyl (C=O) groups is 2. The van der Waals surface area contributed by atoms with Gasteiger partial charge >= 0.3 is 5.97 Å². The molecule has 13 heavy (non-hydrogen) atoms. The van der Waals surface area contributed by atoms with E-state index in [4.69, 9.17) is 10.8 Å². The molecule has 70 valence electrons. The highest BCUT2D eigenvalue weighted by Gasteiger charge is 2.13. The number of hydrogen-bond donors (Lipinski definition) is 2. The molecule has 4 nitrogen and oxygen atoms in total. The van der Waals surface area contributed by atoms with E-state index >= 15 is 0 Å². The maximum Gasteiger partial charge on any atom is 0.320 e. The predicted octanol–water partition coefficient (Wildman–Crippen LogP) is 0.244. The highest BCUT2D eigenvalue weighted by Crippen LogP contribution is 2.12. The molecule has 0 amide bonds. The number of hydrogen-bond acceptors (Lipinski definition) is 3. The summed E-state index contributed by atoms with van der Waals surface area (Å²) in [7, 11) is 0. The molecule has 1 unspecified atom stereocenters. The molecule has 0 fully saturated rings. The Bertz CT molecular complexity index is 291. The van der Waals surface area contributed by atoms with Crippen LogP contribution < -0.4 is 5.73 Å². The number of rotatable bonds is 3. The number of carboxylic acids is 1. The normalized spacial score (nSPS) is 18.2. The van der Waals surface area contributed by atoms with Crippen molar-refractivity contribution in [2.75, 3.05) is 0 Å². The van der Waals surface area contributed by atoms with E-state index in [1.54, 1.807) is 12.2 Å². The van der Waals surface area contributed by atoms with E-state index < -0.39 is 12.0 Å². The van der Waals surface area contributed by atoms with Crippen LogP contribution in [0.4, 0.5) is 0 Å². The van der Waals surface area contributed by atoms with Crippen LogP contribution in [0.1, 0.15) is 12.8 Å². The SMILES string of the molecule is NC(CC1=CCC(=O)C=C1)C(=O)O. The Labute approximate surface area is 75.7 Å². The minimum atomic E-state index is -1.02. The van der Waals surface area contributed by atoms with Gasteiger partial charge in [-0.1, -0.05) is 12.2 Å². The van der Waals surface area contributed by atoms with Gasteiger partial charge in [-0.15, -0.1) is 0 Å². The van der Waals surface area contributed by atoms with Crippen LogP contribution in [0.25, 0.3) is 0 Å². The molecule has 0 saturated carbocycles. The number of ketones is 1. The average Bonchev–Trinajstić information content (AvgIpc) is 2.08. The third-order valence-corrected chi connectivity index (χ3v) is 1.82. The van der Waals surface area contributed by atoms with Gasteiger partial charge in [0.1, 0.15) is 6.04 Å². The molecule has 0 radical (unpaired) electrons. The van der Waals surface area contributed by atoms with Crippen LogP contribution >= 0.6 is 0 Å². The summed E-state index contributed by atoms with van der Waals surface area (Å²) < 4.78 is 0. The zero-order valence-electron chi connectivity index (χ0n) is 7.06. The number of aliphatic carboxylic acids is 1. The van der Waals surface area contributed by atoms with E-state index in [0.717, 1.165) is 5.57 Å². The molecule has 1 rings (SSSR count). The Morgan fingerprint density at radius 1 is 1.62 bits per heavy atom. The average molecular weight is 181 g/mol. The van der Waals surface area contributed by atoms with Crippen LogP contribution in [0.5, 0.6) is 0 Å². The summed E-state index contributed by atoms with van der Waals surface area (Å²) in [5, 5.41) is 8.52. The van der Waals surface area contributed by atoms with Crippen molar-refractivity contribution in [2.45, 2.75) is 18.9 Å². The molecule has 3 N–H and O–H groups in total. The molecule has 0 aromatic heterocycles. The second kappa shape index (κ2) is 4.00. The first-order chi connectivity index (χ1) is 6.09. The quantitative estimate of drug-likeness (QED) is 0.653. The van der Waals surface area contributed by atoms with Crippen LogP contribution in [0.15, 0.2) is 23.8 Å². The Balaban J connectivity index is 2.52. The zero-order chi connectivity index (χ0) is 9.84. The molecular formula is C9H11NO3. The fraction of sp³-hybridized carbons (Fsp3) is 0.333. The van der Waals surface area contributed by atoms with Crippen molar-refractivity contribution in [1.82, 2.24) is 0 Å². The molecule has 0 heterocycles. The van der Waals surface area contributed by atoms with E-state index in [0.29, 0.717) is 6.42 Å². The van der Waals surface area contributed by atoms with Crippen LogP contribution in [-0.4, -0.2) is 22.9 Å². The highest BCUT2D eigenvalue weighted by atomic mass is 16.4. The molecular weight excluding hydrogens is 170 g/mol. The summed E-state index contributed by atoms with van der Waals surface area (Å²) >= 11 is 0. The van der Waals surface area contributed by atoms with Crippen LogP contribution in [0.3, 0.4) is 0 Å². The van der Waals surface area contributed by atoms with Crippen molar-refractivity contribution < 1.29 is 14.7 Å². The summed E-state index contributed by atoms with van der Waals surface area (Å²) in [5.74, 6) is -0.987. The number of nitrogens with two attached hydrogens (primary N) is 1. The monoisotopic (exact) mass is 181 g/mol. The minimum Gasteiger partial charge on any atom is -0.480 e. The van der Waals surface area contributed by atoms with Gasteiger partial charge in [0.2, 0.25) is 0 Å². The van der Waals surface area contributed by atoms with Gasteiger partial charge in [0.15, 0.2) is 5.78 Å².